The summed E-state index contributed by atoms with van der Waals surface area (Å²) < 4.78 is 33.3. The van der Waals surface area contributed by atoms with Crippen LogP contribution in [0.25, 0.3) is 5.78 Å². The third kappa shape index (κ3) is 4.54. The standard InChI is InChI=1S/C16H16N6O.C2HF3O2/c1-10-6-18-16-19-14(20-22(16)7-10)15(23)21-8-11-4-2-3-5-12(11)13(17)9-21;3-2(4,5)1(6)7/h2-7,13H,8-9,17H2,1H3;(H,6,7). The molecule has 2 aromatic heterocycles. The first kappa shape index (κ1) is 21.2. The lowest BCUT2D eigenvalue weighted by Crippen LogP contribution is -2.41. The maximum absolute atomic E-state index is 12.7. The molecule has 1 aromatic carbocycles. The number of aromatic nitrogens is 4. The van der Waals surface area contributed by atoms with E-state index in [1.165, 1.54) is 4.52 Å². The number of benzene rings is 1. The van der Waals surface area contributed by atoms with Gasteiger partial charge in [0.15, 0.2) is 0 Å². The average Bonchev–Trinajstić information content (AvgIpc) is 3.10. The van der Waals surface area contributed by atoms with Crippen LogP contribution in [-0.4, -0.2) is 54.2 Å². The van der Waals surface area contributed by atoms with Crippen molar-refractivity contribution in [3.63, 3.8) is 0 Å². The predicted octanol–water partition coefficient (Wildman–Crippen LogP) is 1.72. The summed E-state index contributed by atoms with van der Waals surface area (Å²) in [6.07, 6.45) is -1.59. The topological polar surface area (TPSA) is 127 Å². The number of carbonyl (C=O) groups is 2. The van der Waals surface area contributed by atoms with Gasteiger partial charge in [0.1, 0.15) is 0 Å². The molecular weight excluding hydrogens is 405 g/mol. The van der Waals surface area contributed by atoms with Crippen LogP contribution in [0.4, 0.5) is 13.2 Å². The van der Waals surface area contributed by atoms with Crippen LogP contribution in [0.2, 0.25) is 0 Å². The number of amides is 1. The van der Waals surface area contributed by atoms with Gasteiger partial charge in [-0.25, -0.2) is 14.3 Å². The lowest BCUT2D eigenvalue weighted by molar-refractivity contribution is -0.192. The molecule has 0 aliphatic carbocycles. The molecule has 1 unspecified atom stereocenters. The summed E-state index contributed by atoms with van der Waals surface area (Å²) in [5.74, 6) is -2.42. The monoisotopic (exact) mass is 422 g/mol. The molecule has 158 valence electrons. The maximum Gasteiger partial charge on any atom is 0.490 e. The van der Waals surface area contributed by atoms with Crippen molar-refractivity contribution in [2.75, 3.05) is 6.54 Å². The SMILES string of the molecule is Cc1cnc2nc(C(=O)N3Cc4ccccc4C(N)C3)nn2c1.O=C(O)C(F)(F)F. The Bertz CT molecular complexity index is 1100. The average molecular weight is 422 g/mol. The minimum absolute atomic E-state index is 0.148. The second kappa shape index (κ2) is 8.06. The predicted molar refractivity (Wildman–Crippen MR) is 97.3 cm³/mol. The molecule has 4 rings (SSSR count). The Kier molecular flexibility index (Phi) is 5.69. The van der Waals surface area contributed by atoms with Crippen molar-refractivity contribution in [3.05, 3.63) is 59.2 Å². The first-order valence-electron chi connectivity index (χ1n) is 8.68. The van der Waals surface area contributed by atoms with Gasteiger partial charge >= 0.3 is 12.1 Å². The number of nitrogens with two attached hydrogens (primary N) is 1. The molecule has 3 heterocycles. The van der Waals surface area contributed by atoms with E-state index in [-0.39, 0.29) is 17.8 Å². The number of aryl methyl sites for hydroxylation is 1. The maximum atomic E-state index is 12.7. The second-order valence-electron chi connectivity index (χ2n) is 6.61. The number of alkyl halides is 3. The van der Waals surface area contributed by atoms with Crippen molar-refractivity contribution in [1.82, 2.24) is 24.5 Å². The van der Waals surface area contributed by atoms with Gasteiger partial charge in [-0.05, 0) is 23.6 Å². The number of fused-ring (bicyclic) bond motifs is 2. The molecule has 3 aromatic rings. The van der Waals surface area contributed by atoms with Gasteiger partial charge in [0, 0.05) is 31.5 Å². The van der Waals surface area contributed by atoms with Gasteiger partial charge in [0.25, 0.3) is 11.7 Å². The lowest BCUT2D eigenvalue weighted by Gasteiger charge is -2.32. The number of carboxylic acids is 1. The number of halogens is 3. The summed E-state index contributed by atoms with van der Waals surface area (Å²) in [6.45, 7) is 2.89. The summed E-state index contributed by atoms with van der Waals surface area (Å²) in [4.78, 5) is 31.7. The molecule has 1 atom stereocenters. The quantitative estimate of drug-likeness (QED) is 0.611. The molecule has 1 aliphatic rings. The van der Waals surface area contributed by atoms with Crippen molar-refractivity contribution >= 4 is 17.7 Å². The Morgan fingerprint density at radius 1 is 1.27 bits per heavy atom. The molecule has 0 saturated heterocycles. The van der Waals surface area contributed by atoms with Crippen LogP contribution in [0, 0.1) is 6.92 Å². The summed E-state index contributed by atoms with van der Waals surface area (Å²) >= 11 is 0. The van der Waals surface area contributed by atoms with Gasteiger partial charge in [0.05, 0.1) is 0 Å². The fourth-order valence-electron chi connectivity index (χ4n) is 2.91. The highest BCUT2D eigenvalue weighted by atomic mass is 19.4. The highest BCUT2D eigenvalue weighted by Crippen LogP contribution is 2.25. The minimum atomic E-state index is -5.08. The van der Waals surface area contributed by atoms with Crippen LogP contribution in [0.15, 0.2) is 36.7 Å². The third-order valence-corrected chi connectivity index (χ3v) is 4.28. The van der Waals surface area contributed by atoms with E-state index >= 15 is 0 Å². The fourth-order valence-corrected chi connectivity index (χ4v) is 2.91. The molecule has 0 fully saturated rings. The summed E-state index contributed by atoms with van der Waals surface area (Å²) in [7, 11) is 0. The van der Waals surface area contributed by atoms with Gasteiger partial charge in [-0.1, -0.05) is 24.3 Å². The highest BCUT2D eigenvalue weighted by molar-refractivity contribution is 5.91. The molecule has 1 amide bonds. The summed E-state index contributed by atoms with van der Waals surface area (Å²) in [6, 6.07) is 7.73. The molecular formula is C18H17F3N6O3. The zero-order valence-corrected chi connectivity index (χ0v) is 15.7. The van der Waals surface area contributed by atoms with E-state index < -0.39 is 12.1 Å². The number of hydrogen-bond donors (Lipinski definition) is 2. The van der Waals surface area contributed by atoms with Crippen LogP contribution in [0.5, 0.6) is 0 Å². The molecule has 3 N–H and O–H groups in total. The molecule has 0 spiro atoms. The zero-order valence-electron chi connectivity index (χ0n) is 15.7. The number of nitrogens with zero attached hydrogens (tertiary/aromatic N) is 5. The van der Waals surface area contributed by atoms with Crippen molar-refractivity contribution in [2.45, 2.75) is 25.7 Å². The van der Waals surface area contributed by atoms with Crippen LogP contribution >= 0.6 is 0 Å². The van der Waals surface area contributed by atoms with E-state index in [1.54, 1.807) is 17.3 Å². The normalized spacial score (nSPS) is 15.9. The highest BCUT2D eigenvalue weighted by Gasteiger charge is 2.38. The molecule has 9 nitrogen and oxygen atoms in total. The largest absolute Gasteiger partial charge is 0.490 e. The van der Waals surface area contributed by atoms with E-state index in [0.29, 0.717) is 18.9 Å². The van der Waals surface area contributed by atoms with Crippen LogP contribution in [0.1, 0.15) is 33.4 Å². The fraction of sp³-hybridized carbons (Fsp3) is 0.278. The van der Waals surface area contributed by atoms with E-state index in [1.807, 2.05) is 31.2 Å². The van der Waals surface area contributed by atoms with E-state index in [2.05, 4.69) is 15.1 Å². The smallest absolute Gasteiger partial charge is 0.475 e. The second-order valence-corrected chi connectivity index (χ2v) is 6.61. The third-order valence-electron chi connectivity index (χ3n) is 4.28. The van der Waals surface area contributed by atoms with Gasteiger partial charge in [-0.15, -0.1) is 5.10 Å². The van der Waals surface area contributed by atoms with E-state index in [0.717, 1.165) is 16.7 Å². The van der Waals surface area contributed by atoms with Crippen LogP contribution in [0.3, 0.4) is 0 Å². The zero-order chi connectivity index (χ0) is 22.1. The van der Waals surface area contributed by atoms with Gasteiger partial charge in [0.2, 0.25) is 5.82 Å². The van der Waals surface area contributed by atoms with Crippen LogP contribution in [-0.2, 0) is 11.3 Å². The van der Waals surface area contributed by atoms with Crippen molar-refractivity contribution in [2.24, 2.45) is 5.73 Å². The van der Waals surface area contributed by atoms with Crippen molar-refractivity contribution < 1.29 is 27.9 Å². The Hall–Kier alpha value is -3.54. The van der Waals surface area contributed by atoms with E-state index in [4.69, 9.17) is 15.6 Å². The number of hydrogen-bond acceptors (Lipinski definition) is 6. The number of carbonyl (C=O) groups excluding carboxylic acids is 1. The summed E-state index contributed by atoms with van der Waals surface area (Å²) in [5, 5.41) is 11.4. The number of rotatable bonds is 1. The van der Waals surface area contributed by atoms with E-state index in [9.17, 15) is 18.0 Å². The molecule has 30 heavy (non-hydrogen) atoms. The minimum Gasteiger partial charge on any atom is -0.475 e. The molecule has 12 heteroatoms. The van der Waals surface area contributed by atoms with Crippen molar-refractivity contribution in [1.29, 1.82) is 0 Å². The molecule has 1 aliphatic heterocycles. The Labute approximate surface area is 168 Å². The van der Waals surface area contributed by atoms with Crippen LogP contribution < -0.4 is 5.73 Å². The van der Waals surface area contributed by atoms with Crippen molar-refractivity contribution in [3.8, 4) is 0 Å². The van der Waals surface area contributed by atoms with Gasteiger partial charge < -0.3 is 15.7 Å². The Morgan fingerprint density at radius 2 is 1.93 bits per heavy atom. The van der Waals surface area contributed by atoms with Gasteiger partial charge in [-0.3, -0.25) is 4.79 Å². The first-order valence-corrected chi connectivity index (χ1v) is 8.68. The molecule has 0 radical (unpaired) electrons. The summed E-state index contributed by atoms with van der Waals surface area (Å²) in [5.41, 5.74) is 9.31. The number of aliphatic carboxylic acids is 1. The lowest BCUT2D eigenvalue weighted by atomic mass is 9.96. The number of carboxylic acid groups (broad SMARTS) is 1. The molecule has 0 saturated carbocycles. The van der Waals surface area contributed by atoms with Gasteiger partial charge in [-0.2, -0.15) is 18.2 Å². The Balaban J connectivity index is 0.000000318. The Morgan fingerprint density at radius 3 is 2.60 bits per heavy atom. The molecule has 0 bridgehead atoms. The first-order chi connectivity index (χ1) is 14.1.